The minimum Gasteiger partial charge on any atom is -0.494 e. The molecule has 4 amide bonds. The molecule has 0 spiro atoms. The first-order chi connectivity index (χ1) is 20.1. The molecule has 3 aromatic rings. The number of aromatic nitrogens is 1. The summed E-state index contributed by atoms with van der Waals surface area (Å²) in [4.78, 5) is 44.5. The SMILES string of the molecule is CCCCCN(Cc1ccc(C(=O)Nc2ccccc2NC(=O)OC(C)(C)C)nc1)C(=O)Nc1cccc(OCC)c1. The van der Waals surface area contributed by atoms with Crippen molar-refractivity contribution in [2.45, 2.75) is 66.0 Å². The Hall–Kier alpha value is -4.60. The van der Waals surface area contributed by atoms with Gasteiger partial charge in [-0.2, -0.15) is 0 Å². The van der Waals surface area contributed by atoms with Crippen molar-refractivity contribution in [1.29, 1.82) is 0 Å². The van der Waals surface area contributed by atoms with Crippen molar-refractivity contribution in [3.63, 3.8) is 0 Å². The third-order valence-electron chi connectivity index (χ3n) is 5.96. The number of carbonyl (C=O) groups is 3. The minimum absolute atomic E-state index is 0.195. The van der Waals surface area contributed by atoms with Gasteiger partial charge in [-0.05, 0) is 70.0 Å². The van der Waals surface area contributed by atoms with E-state index in [4.69, 9.17) is 9.47 Å². The van der Waals surface area contributed by atoms with Gasteiger partial charge in [0.2, 0.25) is 0 Å². The third-order valence-corrected chi connectivity index (χ3v) is 5.96. The Kier molecular flexibility index (Phi) is 11.7. The molecular formula is C32H41N5O5. The fourth-order valence-corrected chi connectivity index (χ4v) is 4.01. The summed E-state index contributed by atoms with van der Waals surface area (Å²) in [5.41, 5.74) is 1.78. The van der Waals surface area contributed by atoms with Crippen LogP contribution in [0.1, 0.15) is 69.9 Å². The maximum atomic E-state index is 13.2. The van der Waals surface area contributed by atoms with Crippen LogP contribution in [-0.2, 0) is 11.3 Å². The van der Waals surface area contributed by atoms with Crippen LogP contribution in [-0.4, -0.2) is 46.7 Å². The Morgan fingerprint density at radius 2 is 1.62 bits per heavy atom. The smallest absolute Gasteiger partial charge is 0.412 e. The highest BCUT2D eigenvalue weighted by Crippen LogP contribution is 2.23. The number of urea groups is 1. The first kappa shape index (κ1) is 31.9. The highest BCUT2D eigenvalue weighted by Gasteiger charge is 2.19. The van der Waals surface area contributed by atoms with E-state index in [0.29, 0.717) is 42.5 Å². The summed E-state index contributed by atoms with van der Waals surface area (Å²) >= 11 is 0. The van der Waals surface area contributed by atoms with Crippen LogP contribution in [0.4, 0.5) is 26.7 Å². The highest BCUT2D eigenvalue weighted by atomic mass is 16.6. The summed E-state index contributed by atoms with van der Waals surface area (Å²) in [5, 5.41) is 8.42. The van der Waals surface area contributed by atoms with Crippen molar-refractivity contribution in [3.8, 4) is 5.75 Å². The zero-order chi connectivity index (χ0) is 30.5. The van der Waals surface area contributed by atoms with E-state index in [0.717, 1.165) is 24.8 Å². The van der Waals surface area contributed by atoms with Crippen LogP contribution in [0.15, 0.2) is 66.9 Å². The quantitative estimate of drug-likeness (QED) is 0.195. The number of pyridine rings is 1. The number of anilines is 3. The van der Waals surface area contributed by atoms with Crippen molar-refractivity contribution in [1.82, 2.24) is 9.88 Å². The third kappa shape index (κ3) is 10.4. The van der Waals surface area contributed by atoms with Gasteiger partial charge in [0.05, 0.1) is 18.0 Å². The van der Waals surface area contributed by atoms with Gasteiger partial charge in [0, 0.05) is 31.0 Å². The fraction of sp³-hybridized carbons (Fsp3) is 0.375. The summed E-state index contributed by atoms with van der Waals surface area (Å²) in [6, 6.07) is 17.3. The molecule has 0 fully saturated rings. The van der Waals surface area contributed by atoms with Gasteiger partial charge in [-0.1, -0.05) is 44.0 Å². The lowest BCUT2D eigenvalue weighted by molar-refractivity contribution is 0.0635. The lowest BCUT2D eigenvalue weighted by Gasteiger charge is -2.23. The molecule has 10 heteroatoms. The van der Waals surface area contributed by atoms with Crippen LogP contribution >= 0.6 is 0 Å². The fourth-order valence-electron chi connectivity index (χ4n) is 4.01. The first-order valence-corrected chi connectivity index (χ1v) is 14.2. The van der Waals surface area contributed by atoms with Crippen LogP contribution in [0.3, 0.4) is 0 Å². The highest BCUT2D eigenvalue weighted by molar-refractivity contribution is 6.05. The maximum absolute atomic E-state index is 13.2. The molecule has 3 rings (SSSR count). The topological polar surface area (TPSA) is 122 Å². The molecule has 2 aromatic carbocycles. The minimum atomic E-state index is -0.658. The molecule has 0 bridgehead atoms. The van der Waals surface area contributed by atoms with Gasteiger partial charge in [0.15, 0.2) is 0 Å². The van der Waals surface area contributed by atoms with Crippen LogP contribution in [0.5, 0.6) is 5.75 Å². The zero-order valence-electron chi connectivity index (χ0n) is 25.0. The van der Waals surface area contributed by atoms with Gasteiger partial charge in [-0.15, -0.1) is 0 Å². The Bertz CT molecular complexity index is 1340. The number of nitrogens with zero attached hydrogens (tertiary/aromatic N) is 2. The summed E-state index contributed by atoms with van der Waals surface area (Å²) in [6.07, 6.45) is 3.88. The van der Waals surface area contributed by atoms with Gasteiger partial charge in [0.25, 0.3) is 5.91 Å². The molecule has 42 heavy (non-hydrogen) atoms. The van der Waals surface area contributed by atoms with Crippen molar-refractivity contribution < 1.29 is 23.9 Å². The van der Waals surface area contributed by atoms with Crippen LogP contribution < -0.4 is 20.7 Å². The number of benzene rings is 2. The number of ether oxygens (including phenoxy) is 2. The zero-order valence-corrected chi connectivity index (χ0v) is 25.0. The lowest BCUT2D eigenvalue weighted by atomic mass is 10.2. The molecule has 0 aliphatic rings. The Morgan fingerprint density at radius 3 is 2.26 bits per heavy atom. The Balaban J connectivity index is 1.67. The average molecular weight is 576 g/mol. The summed E-state index contributed by atoms with van der Waals surface area (Å²) < 4.78 is 10.9. The summed E-state index contributed by atoms with van der Waals surface area (Å²) in [7, 11) is 0. The number of para-hydroxylation sites is 2. The number of rotatable bonds is 12. The van der Waals surface area contributed by atoms with E-state index in [1.807, 2.05) is 25.1 Å². The van der Waals surface area contributed by atoms with Gasteiger partial charge in [-0.3, -0.25) is 15.1 Å². The Morgan fingerprint density at radius 1 is 0.881 bits per heavy atom. The van der Waals surface area contributed by atoms with Crippen molar-refractivity contribution in [2.24, 2.45) is 0 Å². The molecule has 0 saturated heterocycles. The van der Waals surface area contributed by atoms with E-state index in [1.54, 1.807) is 74.3 Å². The van der Waals surface area contributed by atoms with E-state index >= 15 is 0 Å². The second-order valence-corrected chi connectivity index (χ2v) is 10.7. The molecule has 0 aliphatic carbocycles. The number of hydrogen-bond donors (Lipinski definition) is 3. The predicted molar refractivity (Wildman–Crippen MR) is 165 cm³/mol. The lowest BCUT2D eigenvalue weighted by Crippen LogP contribution is -2.35. The molecule has 1 aromatic heterocycles. The number of hydrogen-bond acceptors (Lipinski definition) is 6. The van der Waals surface area contributed by atoms with E-state index in [-0.39, 0.29) is 11.7 Å². The number of nitrogens with one attached hydrogen (secondary N) is 3. The molecule has 1 heterocycles. The Labute approximate surface area is 247 Å². The van der Waals surface area contributed by atoms with Crippen LogP contribution in [0.2, 0.25) is 0 Å². The molecule has 0 unspecified atom stereocenters. The number of unbranched alkanes of at least 4 members (excludes halogenated alkanes) is 2. The van der Waals surface area contributed by atoms with Crippen LogP contribution in [0.25, 0.3) is 0 Å². The monoisotopic (exact) mass is 575 g/mol. The number of carbonyl (C=O) groups excluding carboxylic acids is 3. The molecule has 0 atom stereocenters. The van der Waals surface area contributed by atoms with Gasteiger partial charge in [0.1, 0.15) is 17.0 Å². The van der Waals surface area contributed by atoms with Crippen molar-refractivity contribution >= 4 is 35.1 Å². The second-order valence-electron chi connectivity index (χ2n) is 10.7. The molecular weight excluding hydrogens is 534 g/mol. The molecule has 224 valence electrons. The summed E-state index contributed by atoms with van der Waals surface area (Å²) in [5.74, 6) is 0.251. The first-order valence-electron chi connectivity index (χ1n) is 14.2. The van der Waals surface area contributed by atoms with E-state index < -0.39 is 17.6 Å². The van der Waals surface area contributed by atoms with E-state index in [1.165, 1.54) is 0 Å². The standard InChI is InChI=1S/C32H41N5O5/c1-6-8-11-19-37(30(39)34-24-13-12-14-25(20-24)41-7-2)22-23-17-18-28(33-21-23)29(38)35-26-15-9-10-16-27(26)36-31(40)42-32(3,4)5/h9-10,12-18,20-21H,6-8,11,19,22H2,1-5H3,(H,34,39)(H,35,38)(H,36,40). The molecule has 0 aliphatic heterocycles. The van der Waals surface area contributed by atoms with Gasteiger partial charge < -0.3 is 25.0 Å². The normalized spacial score (nSPS) is 10.9. The largest absolute Gasteiger partial charge is 0.494 e. The maximum Gasteiger partial charge on any atom is 0.412 e. The molecule has 0 radical (unpaired) electrons. The van der Waals surface area contributed by atoms with Gasteiger partial charge in [-0.25, -0.2) is 9.59 Å². The number of amides is 4. The van der Waals surface area contributed by atoms with E-state index in [9.17, 15) is 14.4 Å². The molecule has 10 nitrogen and oxygen atoms in total. The average Bonchev–Trinajstić information content (AvgIpc) is 2.93. The molecule has 0 saturated carbocycles. The second kappa shape index (κ2) is 15.4. The predicted octanol–water partition coefficient (Wildman–Crippen LogP) is 7.30. The van der Waals surface area contributed by atoms with Crippen molar-refractivity contribution in [3.05, 3.63) is 78.1 Å². The molecule has 3 N–H and O–H groups in total. The van der Waals surface area contributed by atoms with E-state index in [2.05, 4.69) is 27.9 Å². The van der Waals surface area contributed by atoms with Crippen molar-refractivity contribution in [2.75, 3.05) is 29.1 Å². The summed E-state index contributed by atoms with van der Waals surface area (Å²) in [6.45, 7) is 10.8. The van der Waals surface area contributed by atoms with Gasteiger partial charge >= 0.3 is 12.1 Å². The van der Waals surface area contributed by atoms with Crippen LogP contribution in [0, 0.1) is 0 Å².